The Morgan fingerprint density at radius 3 is 1.69 bits per heavy atom. The van der Waals surface area contributed by atoms with E-state index in [-0.39, 0.29) is 61.5 Å². The molecule has 0 unspecified atom stereocenters. The van der Waals surface area contributed by atoms with Crippen molar-refractivity contribution in [2.24, 2.45) is 17.4 Å². The number of carboxylic acid groups (broad SMARTS) is 1. The minimum absolute atomic E-state index is 0.105. The van der Waals surface area contributed by atoms with E-state index in [0.29, 0.717) is 56.9 Å². The molecule has 9 rings (SSSR count). The summed E-state index contributed by atoms with van der Waals surface area (Å²) < 4.78 is 45.8. The number of primary amides is 1. The fourth-order valence-electron chi connectivity index (χ4n) is 12.2. The van der Waals surface area contributed by atoms with Gasteiger partial charge in [0, 0.05) is 99.6 Å². The third kappa shape index (κ3) is 22.0. The lowest BCUT2D eigenvalue weighted by Crippen LogP contribution is -2.62. The summed E-state index contributed by atoms with van der Waals surface area (Å²) in [5.74, 6) is -13.5. The monoisotopic (exact) mass is 1540 g/mol. The highest BCUT2D eigenvalue weighted by Crippen LogP contribution is 2.35. The smallest absolute Gasteiger partial charge is 0.490 e. The minimum atomic E-state index is -5.08. The van der Waals surface area contributed by atoms with Gasteiger partial charge in [-0.3, -0.25) is 47.9 Å². The molecule has 2 aromatic heterocycles. The van der Waals surface area contributed by atoms with Gasteiger partial charge in [0.2, 0.25) is 59.1 Å². The number of aliphatic carboxylic acids is 1. The lowest BCUT2D eigenvalue weighted by molar-refractivity contribution is -0.192. The molecular weight excluding hydrogens is 1460 g/mol. The van der Waals surface area contributed by atoms with Crippen molar-refractivity contribution in [2.45, 2.75) is 118 Å². The van der Waals surface area contributed by atoms with Crippen LogP contribution in [-0.2, 0) is 84.8 Å². The molecule has 108 heavy (non-hydrogen) atoms. The number of hydrogen-bond acceptors (Lipinski definition) is 18. The summed E-state index contributed by atoms with van der Waals surface area (Å²) in [7, 11) is 7.16. The molecule has 29 nitrogen and oxygen atoms in total. The first-order valence-electron chi connectivity index (χ1n) is 34.1. The van der Waals surface area contributed by atoms with Gasteiger partial charge >= 0.3 is 12.1 Å². The Morgan fingerprint density at radius 2 is 1.10 bits per heavy atom. The molecule has 7 aromatic rings. The number of carbonyl (C=O) groups is 11. The standard InChI is InChI=1S/C71H84FN13O14S2.C2HF3O2/c1-82-57(27-18-39-10-6-5-7-11-39)69(97)84(3)59(36-87)67(95)79-54(31-44-34-76-52-26-25-47(89)32-49(44)52)65(93)78-55(30-43-33-75-51-13-9-8-12-48(43)51)66(94)81-61(42-19-20-42)71(99)85(4)60(70(98)83(2)58(62(74)90)29-41-14-21-45(72)22-15-41)38-101-100-37-50(73)63(91)77-53(28-40-16-23-46(88)24-17-40)64(92)80-56(35-86)68(82)96;3-2(4,5)1(6)7/h5-17,21-26,32-34,42,50,53-61,75-76,86-89H,18-20,27-31,35-38,73H2,1-4H3,(H2,74,90)(H,77,91)(H,78,93)(H,79,95)(H,80,92)(H,81,94);(H,6,7)/t50-,53-,54-,55-,56-,57-,58-,59-,60-,61-;/m0./s1. The van der Waals surface area contributed by atoms with Crippen molar-refractivity contribution in [2.75, 3.05) is 52.9 Å². The van der Waals surface area contributed by atoms with Crippen LogP contribution in [0.5, 0.6) is 11.5 Å². The van der Waals surface area contributed by atoms with Crippen LogP contribution in [0.2, 0.25) is 0 Å². The predicted molar refractivity (Wildman–Crippen MR) is 391 cm³/mol. The largest absolute Gasteiger partial charge is 0.508 e. The molecule has 2 aliphatic rings. The molecule has 0 spiro atoms. The van der Waals surface area contributed by atoms with Crippen LogP contribution in [0.3, 0.4) is 0 Å². The summed E-state index contributed by atoms with van der Waals surface area (Å²) in [5.41, 5.74) is 16.3. The number of aryl methyl sites for hydroxylation is 1. The Hall–Kier alpha value is -10.8. The first kappa shape index (κ1) is 82.9. The Balaban J connectivity index is 0.00000200. The third-order valence-corrected chi connectivity index (χ3v) is 21.1. The van der Waals surface area contributed by atoms with Gasteiger partial charge in [-0.15, -0.1) is 0 Å². The average Bonchev–Trinajstić information content (AvgIpc) is 1.61. The number of alkyl halides is 3. The maximum Gasteiger partial charge on any atom is 0.490 e. The Morgan fingerprint density at radius 1 is 0.583 bits per heavy atom. The zero-order valence-corrected chi connectivity index (χ0v) is 60.7. The van der Waals surface area contributed by atoms with Crippen LogP contribution >= 0.6 is 21.6 Å². The Bertz CT molecular complexity index is 4360. The Labute approximate surface area is 624 Å². The van der Waals surface area contributed by atoms with Crippen molar-refractivity contribution in [1.82, 2.24) is 56.2 Å². The van der Waals surface area contributed by atoms with Crippen LogP contribution in [0, 0.1) is 11.7 Å². The molecule has 3 heterocycles. The number of nitrogens with one attached hydrogen (secondary N) is 7. The number of aromatic amines is 2. The lowest BCUT2D eigenvalue weighted by atomic mass is 10.00. The molecule has 578 valence electrons. The van der Waals surface area contributed by atoms with Crippen molar-refractivity contribution >= 4 is 108 Å². The maximum absolute atomic E-state index is 15.4. The minimum Gasteiger partial charge on any atom is -0.508 e. The van der Waals surface area contributed by atoms with E-state index in [1.807, 2.05) is 6.07 Å². The number of likely N-dealkylation sites (N-methyl/N-ethyl adjacent to an activating group) is 4. The number of hydrogen-bond donors (Lipinski definition) is 14. The van der Waals surface area contributed by atoms with Crippen molar-refractivity contribution in [3.05, 3.63) is 167 Å². The number of benzene rings is 5. The first-order chi connectivity index (χ1) is 51.3. The number of phenols is 2. The molecule has 1 aliphatic heterocycles. The molecule has 10 atom stereocenters. The average molecular weight is 1540 g/mol. The van der Waals surface area contributed by atoms with Crippen molar-refractivity contribution < 1.29 is 95.8 Å². The fourth-order valence-corrected chi connectivity index (χ4v) is 14.6. The van der Waals surface area contributed by atoms with Crippen LogP contribution in [-0.4, -0.2) is 240 Å². The highest BCUT2D eigenvalue weighted by Gasteiger charge is 2.45. The second kappa shape index (κ2) is 37.7. The second-order valence-electron chi connectivity index (χ2n) is 26.2. The van der Waals surface area contributed by atoms with E-state index >= 15 is 28.8 Å². The topological polar surface area (TPSA) is 446 Å². The summed E-state index contributed by atoms with van der Waals surface area (Å²) in [4.78, 5) is 168. The van der Waals surface area contributed by atoms with E-state index in [9.17, 15) is 57.2 Å². The molecule has 35 heteroatoms. The highest BCUT2D eigenvalue weighted by atomic mass is 33.1. The van der Waals surface area contributed by atoms with Crippen molar-refractivity contribution in [3.63, 3.8) is 0 Å². The number of amides is 10. The number of aromatic nitrogens is 2. The molecule has 16 N–H and O–H groups in total. The van der Waals surface area contributed by atoms with Gasteiger partial charge in [-0.1, -0.05) is 94.4 Å². The molecule has 0 radical (unpaired) electrons. The molecule has 1 aliphatic carbocycles. The molecule has 1 saturated carbocycles. The summed E-state index contributed by atoms with van der Waals surface area (Å²) in [6.45, 7) is -2.07. The van der Waals surface area contributed by atoms with Gasteiger partial charge in [0.05, 0.1) is 19.3 Å². The number of fused-ring (bicyclic) bond motifs is 2. The number of aromatic hydroxyl groups is 2. The number of nitrogens with zero attached hydrogens (tertiary/aromatic N) is 4. The van der Waals surface area contributed by atoms with E-state index in [0.717, 1.165) is 46.8 Å². The van der Waals surface area contributed by atoms with E-state index < -0.39 is 157 Å². The number of rotatable bonds is 17. The second-order valence-corrected chi connectivity index (χ2v) is 28.8. The van der Waals surface area contributed by atoms with Crippen molar-refractivity contribution in [1.29, 1.82) is 0 Å². The van der Waals surface area contributed by atoms with Gasteiger partial charge in [-0.2, -0.15) is 13.2 Å². The summed E-state index contributed by atoms with van der Waals surface area (Å²) in [5, 5.41) is 64.7. The lowest BCUT2D eigenvalue weighted by Gasteiger charge is -2.36. The van der Waals surface area contributed by atoms with Gasteiger partial charge in [-0.05, 0) is 108 Å². The van der Waals surface area contributed by atoms with Crippen molar-refractivity contribution in [3.8, 4) is 11.5 Å². The number of aliphatic hydroxyl groups excluding tert-OH is 2. The third-order valence-electron chi connectivity index (χ3n) is 18.7. The first-order valence-corrected chi connectivity index (χ1v) is 36.6. The molecular formula is C73H85F4N13O16S2. The molecule has 5 aromatic carbocycles. The number of halogens is 4. The van der Waals surface area contributed by atoms with Gasteiger partial charge in [0.1, 0.15) is 71.7 Å². The number of para-hydroxylation sites is 1. The summed E-state index contributed by atoms with van der Waals surface area (Å²) >= 11 is 0. The van der Waals surface area contributed by atoms with Crippen LogP contribution in [0.4, 0.5) is 17.6 Å². The van der Waals surface area contributed by atoms with Crippen LogP contribution in [0.1, 0.15) is 47.1 Å². The van der Waals surface area contributed by atoms with Gasteiger partial charge < -0.3 is 93.2 Å². The molecule has 0 bridgehead atoms. The number of carbonyl (C=O) groups excluding carboxylic acids is 10. The highest BCUT2D eigenvalue weighted by molar-refractivity contribution is 8.76. The number of phenolic OH excluding ortho intramolecular Hbond substituents is 2. The molecule has 1 saturated heterocycles. The fraction of sp³-hybridized carbons (Fsp3) is 0.384. The van der Waals surface area contributed by atoms with E-state index in [1.54, 1.807) is 67.0 Å². The van der Waals surface area contributed by atoms with E-state index in [4.69, 9.17) is 21.4 Å². The number of aliphatic hydroxyl groups is 2. The number of nitrogens with two attached hydrogens (primary N) is 2. The van der Waals surface area contributed by atoms with Gasteiger partial charge in [-0.25, -0.2) is 9.18 Å². The number of H-pyrrole nitrogens is 2. The molecule has 10 amide bonds. The van der Waals surface area contributed by atoms with E-state index in [1.165, 1.54) is 88.9 Å². The quantitative estimate of drug-likeness (QED) is 0.0458. The predicted octanol–water partition coefficient (Wildman–Crippen LogP) is 2.07. The van der Waals surface area contributed by atoms with Gasteiger partial charge in [0.15, 0.2) is 0 Å². The SMILES string of the molecule is CN1C(=O)[C@H](CO)NC(=O)[C@H](Cc2ccc(O)cc2)NC(=O)[C@@H](N)CSSC[C@@H](C(=O)N(C)[C@@H](Cc2ccc(F)cc2)C(N)=O)N(C)C(=O)[C@H](C2CC2)NC(=O)[C@H](Cc2c[nH]c3ccccc23)NC(=O)[C@H](Cc2c[nH]c3ccc(O)cc23)NC(=O)[C@H](CO)N(C)C(=O)[C@@H]1CCc1ccccc1.O=C(O)C(F)(F)F. The Kier molecular flexibility index (Phi) is 28.9. The van der Waals surface area contributed by atoms with Crippen LogP contribution in [0.25, 0.3) is 21.8 Å². The molecule has 2 fully saturated rings. The summed E-state index contributed by atoms with van der Waals surface area (Å²) in [6.07, 6.45) is -1.84. The normalized spacial score (nSPS) is 22.1. The van der Waals surface area contributed by atoms with Crippen LogP contribution in [0.15, 0.2) is 134 Å². The maximum atomic E-state index is 15.4. The van der Waals surface area contributed by atoms with Crippen LogP contribution < -0.4 is 38.1 Å². The van der Waals surface area contributed by atoms with E-state index in [2.05, 4.69) is 36.6 Å². The number of carboxylic acids is 1. The zero-order chi connectivity index (χ0) is 78.8. The zero-order valence-electron chi connectivity index (χ0n) is 59.0. The van der Waals surface area contributed by atoms with Gasteiger partial charge in [0.25, 0.3) is 0 Å². The summed E-state index contributed by atoms with van der Waals surface area (Å²) in [6, 6.07) is 16.3.